The zero-order chi connectivity index (χ0) is 26.6. The van der Waals surface area contributed by atoms with E-state index in [1.807, 2.05) is 73.1 Å². The molecule has 2 aromatic heterocycles. The first kappa shape index (κ1) is 25.7. The maximum atomic E-state index is 12.6. The summed E-state index contributed by atoms with van der Waals surface area (Å²) in [5.41, 5.74) is 3.97. The maximum absolute atomic E-state index is 12.6. The van der Waals surface area contributed by atoms with Gasteiger partial charge in [-0.2, -0.15) is 0 Å². The number of rotatable bonds is 9. The summed E-state index contributed by atoms with van der Waals surface area (Å²) in [6.45, 7) is 3.99. The highest BCUT2D eigenvalue weighted by Crippen LogP contribution is 2.31. The van der Waals surface area contributed by atoms with Crippen molar-refractivity contribution in [3.8, 4) is 22.1 Å². The molecule has 0 bridgehead atoms. The number of nitrogens with one attached hydrogen (secondary N) is 1. The minimum absolute atomic E-state index is 0.120. The number of ether oxygens (including phenoxy) is 2. The predicted octanol–water partition coefficient (Wildman–Crippen LogP) is 6.28. The molecule has 1 N–H and O–H groups in total. The Morgan fingerprint density at radius 1 is 1.05 bits per heavy atom. The van der Waals surface area contributed by atoms with Crippen LogP contribution in [0.25, 0.3) is 20.8 Å². The molecule has 1 atom stereocenters. The normalized spacial score (nSPS) is 11.9. The molecule has 1 amide bonds. The van der Waals surface area contributed by atoms with Crippen molar-refractivity contribution < 1.29 is 14.3 Å². The number of thioether (sulfide) groups is 1. The van der Waals surface area contributed by atoms with Gasteiger partial charge in [-0.25, -0.2) is 4.98 Å². The maximum Gasteiger partial charge on any atom is 0.234 e. The molecule has 0 aliphatic heterocycles. The van der Waals surface area contributed by atoms with Gasteiger partial charge in [0.2, 0.25) is 5.91 Å². The van der Waals surface area contributed by atoms with E-state index < -0.39 is 0 Å². The Labute approximate surface area is 229 Å². The molecule has 38 heavy (non-hydrogen) atoms. The van der Waals surface area contributed by atoms with Crippen LogP contribution in [-0.2, 0) is 11.8 Å². The minimum atomic E-state index is -0.318. The van der Waals surface area contributed by atoms with E-state index in [2.05, 4.69) is 34.6 Å². The van der Waals surface area contributed by atoms with Crippen molar-refractivity contribution in [1.29, 1.82) is 0 Å². The molecule has 1 unspecified atom stereocenters. The van der Waals surface area contributed by atoms with Crippen LogP contribution >= 0.6 is 23.1 Å². The number of carbonyl (C=O) groups is 1. The van der Waals surface area contributed by atoms with E-state index in [4.69, 9.17) is 14.5 Å². The summed E-state index contributed by atoms with van der Waals surface area (Å²) >= 11 is 2.99. The van der Waals surface area contributed by atoms with Crippen LogP contribution < -0.4 is 14.8 Å². The number of methoxy groups -OCH3 is 1. The third-order valence-electron chi connectivity index (χ3n) is 5.90. The number of fused-ring (bicyclic) bond motifs is 1. The molecule has 2 heterocycles. The molecule has 0 radical (unpaired) electrons. The number of benzene rings is 3. The molecular weight excluding hydrogens is 518 g/mol. The van der Waals surface area contributed by atoms with Gasteiger partial charge in [-0.05, 0) is 80.1 Å². The van der Waals surface area contributed by atoms with Gasteiger partial charge in [-0.3, -0.25) is 4.79 Å². The van der Waals surface area contributed by atoms with Gasteiger partial charge in [0.15, 0.2) is 17.1 Å². The largest absolute Gasteiger partial charge is 0.497 e. The number of nitrogens with zero attached hydrogens (tertiary/aromatic N) is 4. The summed E-state index contributed by atoms with van der Waals surface area (Å²) in [6.07, 6.45) is -0.318. The van der Waals surface area contributed by atoms with Gasteiger partial charge in [-0.15, -0.1) is 21.5 Å². The van der Waals surface area contributed by atoms with E-state index in [0.29, 0.717) is 16.7 Å². The molecular formula is C28H27N5O3S2. The fraction of sp³-hybridized carbons (Fsp3) is 0.214. The van der Waals surface area contributed by atoms with Gasteiger partial charge in [0.05, 0.1) is 23.1 Å². The molecule has 194 valence electrons. The third-order valence-corrected chi connectivity index (χ3v) is 7.98. The van der Waals surface area contributed by atoms with Crippen LogP contribution in [0.5, 0.6) is 11.5 Å². The van der Waals surface area contributed by atoms with E-state index in [9.17, 15) is 4.79 Å². The highest BCUT2D eigenvalue weighted by molar-refractivity contribution is 7.99. The van der Waals surface area contributed by atoms with Crippen LogP contribution in [0.3, 0.4) is 0 Å². The van der Waals surface area contributed by atoms with Crippen LogP contribution in [-0.4, -0.2) is 38.5 Å². The topological polar surface area (TPSA) is 91.2 Å². The Bertz CT molecular complexity index is 1560. The summed E-state index contributed by atoms with van der Waals surface area (Å²) in [7, 11) is 3.49. The van der Waals surface area contributed by atoms with Crippen molar-refractivity contribution in [2.45, 2.75) is 25.1 Å². The molecule has 0 saturated carbocycles. The second-order valence-corrected chi connectivity index (χ2v) is 10.7. The highest BCUT2D eigenvalue weighted by atomic mass is 32.2. The molecule has 0 saturated heterocycles. The van der Waals surface area contributed by atoms with E-state index >= 15 is 0 Å². The lowest BCUT2D eigenvalue weighted by atomic mass is 10.2. The Morgan fingerprint density at radius 3 is 2.53 bits per heavy atom. The first-order valence-electron chi connectivity index (χ1n) is 12.0. The first-order valence-corrected chi connectivity index (χ1v) is 13.8. The minimum Gasteiger partial charge on any atom is -0.497 e. The number of carbonyl (C=O) groups excluding carboxylic acids is 1. The zero-order valence-electron chi connectivity index (χ0n) is 21.5. The smallest absolute Gasteiger partial charge is 0.234 e. The van der Waals surface area contributed by atoms with Crippen molar-refractivity contribution in [2.24, 2.45) is 7.05 Å². The summed E-state index contributed by atoms with van der Waals surface area (Å²) in [4.78, 5) is 17.3. The molecule has 8 nitrogen and oxygen atoms in total. The fourth-order valence-electron chi connectivity index (χ4n) is 3.90. The second kappa shape index (κ2) is 11.2. The highest BCUT2D eigenvalue weighted by Gasteiger charge is 2.18. The number of aryl methyl sites for hydroxylation is 1. The first-order chi connectivity index (χ1) is 18.4. The van der Waals surface area contributed by atoms with E-state index in [0.717, 1.165) is 27.5 Å². The number of aromatic nitrogens is 4. The molecule has 5 aromatic rings. The number of hydrogen-bond donors (Lipinski definition) is 1. The van der Waals surface area contributed by atoms with Gasteiger partial charge in [0, 0.05) is 18.3 Å². The Morgan fingerprint density at radius 2 is 1.79 bits per heavy atom. The van der Waals surface area contributed by atoms with Crippen LogP contribution in [0.4, 0.5) is 5.69 Å². The molecule has 0 aliphatic carbocycles. The fourth-order valence-corrected chi connectivity index (χ4v) is 5.68. The van der Waals surface area contributed by atoms with Crippen LogP contribution in [0, 0.1) is 6.92 Å². The zero-order valence-corrected chi connectivity index (χ0v) is 23.1. The predicted molar refractivity (Wildman–Crippen MR) is 152 cm³/mol. The van der Waals surface area contributed by atoms with Gasteiger partial charge < -0.3 is 19.4 Å². The van der Waals surface area contributed by atoms with Gasteiger partial charge in [0.1, 0.15) is 16.5 Å². The quantitative estimate of drug-likeness (QED) is 0.218. The number of hydrogen-bond acceptors (Lipinski definition) is 8. The van der Waals surface area contributed by atoms with E-state index in [-0.39, 0.29) is 17.8 Å². The van der Waals surface area contributed by atoms with Crippen molar-refractivity contribution in [2.75, 3.05) is 18.2 Å². The summed E-state index contributed by atoms with van der Waals surface area (Å²) in [5.74, 6) is 2.23. The number of thiazole rings is 1. The summed E-state index contributed by atoms with van der Waals surface area (Å²) < 4.78 is 14.2. The van der Waals surface area contributed by atoms with Gasteiger partial charge in [0.25, 0.3) is 0 Å². The van der Waals surface area contributed by atoms with Crippen LogP contribution in [0.2, 0.25) is 0 Å². The monoisotopic (exact) mass is 545 g/mol. The Hall–Kier alpha value is -3.89. The molecule has 3 aromatic carbocycles. The van der Waals surface area contributed by atoms with Crippen molar-refractivity contribution in [3.63, 3.8) is 0 Å². The molecule has 0 aliphatic rings. The lowest BCUT2D eigenvalue weighted by Crippen LogP contribution is -2.14. The van der Waals surface area contributed by atoms with Crippen LogP contribution in [0.15, 0.2) is 71.9 Å². The average Bonchev–Trinajstić information content (AvgIpc) is 3.51. The molecule has 0 spiro atoms. The summed E-state index contributed by atoms with van der Waals surface area (Å²) in [6, 6.07) is 21.4. The average molecular weight is 546 g/mol. The lowest BCUT2D eigenvalue weighted by molar-refractivity contribution is -0.113. The van der Waals surface area contributed by atoms with Crippen LogP contribution in [0.1, 0.15) is 24.4 Å². The second-order valence-electron chi connectivity index (χ2n) is 8.74. The molecule has 10 heteroatoms. The van der Waals surface area contributed by atoms with Gasteiger partial charge >= 0.3 is 0 Å². The third kappa shape index (κ3) is 5.81. The van der Waals surface area contributed by atoms with Crippen molar-refractivity contribution >= 4 is 44.9 Å². The SMILES string of the molecule is COc1ccc(OC(C)c2nnc(SCC(=O)Nc3ccc(-c4nc5ccc(C)cc5s4)cc3)n2C)cc1. The van der Waals surface area contributed by atoms with Gasteiger partial charge in [-0.1, -0.05) is 17.8 Å². The Balaban J connectivity index is 1.16. The standard InChI is InChI=1S/C28H27N5O3S2/c1-17-5-14-23-24(15-17)38-27(30-23)19-6-8-20(9-7-19)29-25(34)16-37-28-32-31-26(33(28)3)18(2)36-22-12-10-21(35-4)11-13-22/h5-15,18H,16H2,1-4H3,(H,29,34). The van der Waals surface area contributed by atoms with Crippen molar-refractivity contribution in [1.82, 2.24) is 19.7 Å². The number of anilines is 1. The molecule has 5 rings (SSSR count). The number of amides is 1. The molecule has 0 fully saturated rings. The van der Waals surface area contributed by atoms with Crippen molar-refractivity contribution in [3.05, 3.63) is 78.1 Å². The lowest BCUT2D eigenvalue weighted by Gasteiger charge is -2.14. The van der Waals surface area contributed by atoms with E-state index in [1.54, 1.807) is 18.4 Å². The Kier molecular flexibility index (Phi) is 7.62. The summed E-state index contributed by atoms with van der Waals surface area (Å²) in [5, 5.41) is 13.1. The van der Waals surface area contributed by atoms with E-state index in [1.165, 1.54) is 22.0 Å².